The summed E-state index contributed by atoms with van der Waals surface area (Å²) in [5, 5.41) is 0. The van der Waals surface area contributed by atoms with Crippen LogP contribution in [0.3, 0.4) is 0 Å². The van der Waals surface area contributed by atoms with E-state index in [1.54, 1.807) is 11.8 Å². The molecule has 2 nitrogen and oxygen atoms in total. The van der Waals surface area contributed by atoms with E-state index < -0.39 is 0 Å². The van der Waals surface area contributed by atoms with E-state index in [1.807, 2.05) is 20.1 Å². The number of rotatable bonds is 3. The van der Waals surface area contributed by atoms with Crippen LogP contribution >= 0.6 is 11.8 Å². The number of hydrogen-bond donors (Lipinski definition) is 1. The minimum Gasteiger partial charge on any atom is -0.350 e. The highest BCUT2D eigenvalue weighted by Gasteiger charge is 1.99. The first-order chi connectivity index (χ1) is 3.66. The van der Waals surface area contributed by atoms with Gasteiger partial charge in [0.15, 0.2) is 0 Å². The van der Waals surface area contributed by atoms with Crippen LogP contribution in [0.1, 0.15) is 13.8 Å². The molecule has 0 amide bonds. The molecule has 8 heavy (non-hydrogen) atoms. The van der Waals surface area contributed by atoms with Crippen LogP contribution in [0.2, 0.25) is 0 Å². The van der Waals surface area contributed by atoms with Gasteiger partial charge in [0, 0.05) is 0 Å². The molecule has 3 heteroatoms. The lowest BCUT2D eigenvalue weighted by atomic mass is 10.7. The summed E-state index contributed by atoms with van der Waals surface area (Å²) in [5.74, 6) is 0. The second-order valence-electron chi connectivity index (χ2n) is 1.64. The maximum Gasteiger partial charge on any atom is 0.104 e. The standard InChI is InChI=1S/C5H13NOS/c1-4(6)7-5(2)8-3/h4-5H,6H2,1-3H3. The van der Waals surface area contributed by atoms with E-state index in [9.17, 15) is 0 Å². The molecule has 0 aromatic rings. The van der Waals surface area contributed by atoms with Crippen molar-refractivity contribution in [2.24, 2.45) is 5.73 Å². The van der Waals surface area contributed by atoms with Crippen molar-refractivity contribution in [1.82, 2.24) is 0 Å². The van der Waals surface area contributed by atoms with Crippen molar-refractivity contribution in [1.29, 1.82) is 0 Å². The van der Waals surface area contributed by atoms with Gasteiger partial charge in [-0.1, -0.05) is 0 Å². The molecule has 0 spiro atoms. The van der Waals surface area contributed by atoms with Gasteiger partial charge in [-0.25, -0.2) is 0 Å². The highest BCUT2D eigenvalue weighted by atomic mass is 32.2. The number of ether oxygens (including phenoxy) is 1. The molecular weight excluding hydrogens is 122 g/mol. The summed E-state index contributed by atoms with van der Waals surface area (Å²) in [7, 11) is 0. The smallest absolute Gasteiger partial charge is 0.104 e. The van der Waals surface area contributed by atoms with Crippen LogP contribution in [-0.2, 0) is 4.74 Å². The van der Waals surface area contributed by atoms with Crippen LogP contribution in [0, 0.1) is 0 Å². The molecule has 0 saturated carbocycles. The third kappa shape index (κ3) is 4.43. The van der Waals surface area contributed by atoms with Gasteiger partial charge >= 0.3 is 0 Å². The summed E-state index contributed by atoms with van der Waals surface area (Å²) in [4.78, 5) is 0. The average Bonchev–Trinajstić information content (AvgIpc) is 1.65. The van der Waals surface area contributed by atoms with Crippen molar-refractivity contribution in [3.8, 4) is 0 Å². The zero-order chi connectivity index (χ0) is 6.57. The minimum atomic E-state index is -0.141. The fraction of sp³-hybridized carbons (Fsp3) is 1.00. The summed E-state index contributed by atoms with van der Waals surface area (Å²) in [6, 6.07) is 0. The molecule has 0 fully saturated rings. The highest BCUT2D eigenvalue weighted by Crippen LogP contribution is 2.06. The minimum absolute atomic E-state index is 0.141. The van der Waals surface area contributed by atoms with Gasteiger partial charge in [0.2, 0.25) is 0 Å². The Hall–Kier alpha value is 0.270. The van der Waals surface area contributed by atoms with Crippen LogP contribution in [0.25, 0.3) is 0 Å². The Labute approximate surface area is 54.8 Å². The zero-order valence-corrected chi connectivity index (χ0v) is 6.37. The monoisotopic (exact) mass is 135 g/mol. The van der Waals surface area contributed by atoms with Gasteiger partial charge < -0.3 is 10.5 Å². The second kappa shape index (κ2) is 4.18. The van der Waals surface area contributed by atoms with E-state index in [0.29, 0.717) is 0 Å². The molecule has 2 atom stereocenters. The molecule has 0 aliphatic heterocycles. The van der Waals surface area contributed by atoms with Crippen molar-refractivity contribution in [2.75, 3.05) is 6.26 Å². The summed E-state index contributed by atoms with van der Waals surface area (Å²) in [5.41, 5.74) is 5.55. The van der Waals surface area contributed by atoms with E-state index in [-0.39, 0.29) is 11.7 Å². The lowest BCUT2D eigenvalue weighted by Crippen LogP contribution is -2.22. The molecular formula is C5H13NOS. The molecule has 0 aliphatic carbocycles. The average molecular weight is 135 g/mol. The zero-order valence-electron chi connectivity index (χ0n) is 5.55. The third-order valence-corrected chi connectivity index (χ3v) is 1.51. The predicted octanol–water partition coefficient (Wildman–Crippen LogP) is 1.02. The molecule has 0 bridgehead atoms. The number of nitrogens with two attached hydrogens (primary N) is 1. The maximum atomic E-state index is 5.33. The molecule has 0 aromatic heterocycles. The topological polar surface area (TPSA) is 35.2 Å². The Balaban J connectivity index is 3.10. The first-order valence-electron chi connectivity index (χ1n) is 2.60. The second-order valence-corrected chi connectivity index (χ2v) is 2.78. The Morgan fingerprint density at radius 1 is 1.50 bits per heavy atom. The number of thioether (sulfide) groups is 1. The molecule has 0 radical (unpaired) electrons. The van der Waals surface area contributed by atoms with E-state index >= 15 is 0 Å². The van der Waals surface area contributed by atoms with Gasteiger partial charge in [-0.2, -0.15) is 0 Å². The summed E-state index contributed by atoms with van der Waals surface area (Å²) in [6.07, 6.45) is 1.85. The van der Waals surface area contributed by atoms with E-state index in [2.05, 4.69) is 0 Å². The Morgan fingerprint density at radius 3 is 2.12 bits per heavy atom. The molecule has 50 valence electrons. The Morgan fingerprint density at radius 2 is 2.00 bits per heavy atom. The fourth-order valence-corrected chi connectivity index (χ4v) is 0.644. The van der Waals surface area contributed by atoms with E-state index in [0.717, 1.165) is 0 Å². The normalized spacial score (nSPS) is 18.0. The molecule has 0 heterocycles. The summed E-state index contributed by atoms with van der Waals surface area (Å²) >= 11 is 1.65. The van der Waals surface area contributed by atoms with E-state index in [1.165, 1.54) is 0 Å². The van der Waals surface area contributed by atoms with Crippen LogP contribution in [0.4, 0.5) is 0 Å². The quantitative estimate of drug-likeness (QED) is 0.587. The molecule has 2 unspecified atom stereocenters. The van der Waals surface area contributed by atoms with Crippen LogP contribution in [0.15, 0.2) is 0 Å². The third-order valence-electron chi connectivity index (χ3n) is 0.738. The lowest BCUT2D eigenvalue weighted by molar-refractivity contribution is 0.0613. The molecule has 2 N–H and O–H groups in total. The van der Waals surface area contributed by atoms with Crippen LogP contribution in [-0.4, -0.2) is 17.9 Å². The van der Waals surface area contributed by atoms with Crippen LogP contribution < -0.4 is 5.73 Å². The fourth-order valence-electron chi connectivity index (χ4n) is 0.358. The Kier molecular flexibility index (Phi) is 4.32. The number of hydrogen-bond acceptors (Lipinski definition) is 3. The Bertz CT molecular complexity index is 58.4. The largest absolute Gasteiger partial charge is 0.350 e. The van der Waals surface area contributed by atoms with Crippen molar-refractivity contribution in [2.45, 2.75) is 25.5 Å². The van der Waals surface area contributed by atoms with Crippen LogP contribution in [0.5, 0.6) is 0 Å². The van der Waals surface area contributed by atoms with Gasteiger partial charge in [-0.15, -0.1) is 11.8 Å². The highest BCUT2D eigenvalue weighted by molar-refractivity contribution is 7.99. The van der Waals surface area contributed by atoms with Crippen molar-refractivity contribution in [3.63, 3.8) is 0 Å². The summed E-state index contributed by atoms with van der Waals surface area (Å²) in [6.45, 7) is 3.81. The maximum absolute atomic E-state index is 5.33. The van der Waals surface area contributed by atoms with Gasteiger partial charge in [0.1, 0.15) is 11.7 Å². The van der Waals surface area contributed by atoms with Gasteiger partial charge in [-0.3, -0.25) is 0 Å². The molecule has 0 saturated heterocycles. The predicted molar refractivity (Wildman–Crippen MR) is 37.7 cm³/mol. The van der Waals surface area contributed by atoms with Gasteiger partial charge in [-0.05, 0) is 20.1 Å². The SMILES string of the molecule is CSC(C)OC(C)N. The first kappa shape index (κ1) is 8.27. The first-order valence-corrected chi connectivity index (χ1v) is 3.89. The van der Waals surface area contributed by atoms with E-state index in [4.69, 9.17) is 10.5 Å². The summed E-state index contributed by atoms with van der Waals surface area (Å²) < 4.78 is 5.14. The van der Waals surface area contributed by atoms with Crippen molar-refractivity contribution >= 4 is 11.8 Å². The van der Waals surface area contributed by atoms with Crippen molar-refractivity contribution in [3.05, 3.63) is 0 Å². The lowest BCUT2D eigenvalue weighted by Gasteiger charge is -2.12. The molecule has 0 rings (SSSR count). The van der Waals surface area contributed by atoms with Gasteiger partial charge in [0.05, 0.1) is 0 Å². The molecule has 0 aliphatic rings. The van der Waals surface area contributed by atoms with Crippen molar-refractivity contribution < 1.29 is 4.74 Å². The van der Waals surface area contributed by atoms with Gasteiger partial charge in [0.25, 0.3) is 0 Å². The molecule has 0 aromatic carbocycles.